The summed E-state index contributed by atoms with van der Waals surface area (Å²) in [5.74, 6) is 1.03. The van der Waals surface area contributed by atoms with Gasteiger partial charge in [0, 0.05) is 56.8 Å². The van der Waals surface area contributed by atoms with Crippen LogP contribution in [0.3, 0.4) is 0 Å². The van der Waals surface area contributed by atoms with Crippen molar-refractivity contribution < 1.29 is 17.4 Å². The van der Waals surface area contributed by atoms with Gasteiger partial charge in [0.1, 0.15) is 11.5 Å². The zero-order chi connectivity index (χ0) is 25.4. The molecule has 0 amide bonds. The third-order valence-electron chi connectivity index (χ3n) is 5.44. The summed E-state index contributed by atoms with van der Waals surface area (Å²) in [6.07, 6.45) is 5.75. The standard InChI is InChI=1S/C23H28N4O2/c1-14(2)26-18-7-4-16(5-8-18)22(28)11-19-10-21-17(12-25-19)6-9-20(27-21)23-13-24-15(3)29-23/h6,9-10,12-14,16,18,26H,4-5,7-8,11H2,1-3H3/i1D3,2D3. The predicted octanol–water partition coefficient (Wildman–Crippen LogP) is 4.26. The molecular formula is C23H28N4O2. The van der Waals surface area contributed by atoms with Crippen molar-refractivity contribution in [2.45, 2.75) is 64.8 Å². The molecule has 0 spiro atoms. The SMILES string of the molecule is [2H]C([2H])([2H])C(NC1CCC(C(=O)Cc2cc3nc(-c4cnc(C)o4)ccc3cn2)CC1)C([2H])([2H])[2H]. The Morgan fingerprint density at radius 1 is 1.24 bits per heavy atom. The molecule has 0 atom stereocenters. The molecule has 0 unspecified atom stereocenters. The minimum atomic E-state index is -2.63. The molecule has 0 aliphatic heterocycles. The minimum Gasteiger partial charge on any atom is -0.439 e. The summed E-state index contributed by atoms with van der Waals surface area (Å²) in [5.41, 5.74) is 1.99. The molecule has 1 N–H and O–H groups in total. The van der Waals surface area contributed by atoms with Crippen molar-refractivity contribution in [2.24, 2.45) is 5.92 Å². The van der Waals surface area contributed by atoms with Crippen LogP contribution >= 0.6 is 0 Å². The van der Waals surface area contributed by atoms with Crippen molar-refractivity contribution in [3.8, 4) is 11.5 Å². The molecule has 1 aliphatic rings. The normalized spacial score (nSPS) is 23.7. The Morgan fingerprint density at radius 2 is 2.07 bits per heavy atom. The number of Topliss-reactive ketones (excluding diaryl/α,β-unsaturated/α-hetero) is 1. The molecule has 152 valence electrons. The molecule has 29 heavy (non-hydrogen) atoms. The van der Waals surface area contributed by atoms with Crippen molar-refractivity contribution in [3.63, 3.8) is 0 Å². The van der Waals surface area contributed by atoms with E-state index in [-0.39, 0.29) is 24.2 Å². The first-order valence-corrected chi connectivity index (χ1v) is 9.87. The van der Waals surface area contributed by atoms with Crippen molar-refractivity contribution in [1.82, 2.24) is 20.3 Å². The predicted molar refractivity (Wildman–Crippen MR) is 113 cm³/mol. The van der Waals surface area contributed by atoms with E-state index in [1.54, 1.807) is 19.3 Å². The highest BCUT2D eigenvalue weighted by molar-refractivity contribution is 5.85. The first-order chi connectivity index (χ1) is 16.4. The molecule has 1 aliphatic carbocycles. The Morgan fingerprint density at radius 3 is 2.79 bits per heavy atom. The van der Waals surface area contributed by atoms with Gasteiger partial charge in [-0.25, -0.2) is 9.97 Å². The van der Waals surface area contributed by atoms with Crippen LogP contribution in [0.4, 0.5) is 0 Å². The van der Waals surface area contributed by atoms with Crippen LogP contribution in [0.2, 0.25) is 0 Å². The van der Waals surface area contributed by atoms with Crippen molar-refractivity contribution >= 4 is 16.7 Å². The third kappa shape index (κ3) is 4.70. The van der Waals surface area contributed by atoms with Crippen LogP contribution in [0.15, 0.2) is 35.0 Å². The lowest BCUT2D eigenvalue weighted by Gasteiger charge is -2.29. The molecule has 0 saturated heterocycles. The number of aryl methyl sites for hydroxylation is 1. The maximum Gasteiger partial charge on any atom is 0.191 e. The van der Waals surface area contributed by atoms with E-state index in [4.69, 9.17) is 12.6 Å². The summed E-state index contributed by atoms with van der Waals surface area (Å²) in [4.78, 5) is 26.1. The number of carbonyl (C=O) groups is 1. The van der Waals surface area contributed by atoms with Crippen molar-refractivity contribution in [1.29, 1.82) is 0 Å². The molecule has 3 aromatic rings. The van der Waals surface area contributed by atoms with Gasteiger partial charge in [0.15, 0.2) is 11.7 Å². The second kappa shape index (κ2) is 8.41. The van der Waals surface area contributed by atoms with Gasteiger partial charge < -0.3 is 9.73 Å². The maximum absolute atomic E-state index is 13.0. The fourth-order valence-corrected chi connectivity index (χ4v) is 3.91. The number of fused-ring (bicyclic) bond motifs is 1. The lowest BCUT2D eigenvalue weighted by atomic mass is 9.82. The molecule has 0 bridgehead atoms. The summed E-state index contributed by atoms with van der Waals surface area (Å²) >= 11 is 0. The molecular weight excluding hydrogens is 364 g/mol. The van der Waals surface area contributed by atoms with Crippen LogP contribution in [0.5, 0.6) is 0 Å². The van der Waals surface area contributed by atoms with Crippen LogP contribution in [0.25, 0.3) is 22.4 Å². The second-order valence-electron chi connectivity index (χ2n) is 7.60. The van der Waals surface area contributed by atoms with Crippen LogP contribution in [-0.4, -0.2) is 32.8 Å². The van der Waals surface area contributed by atoms with E-state index in [1.165, 1.54) is 0 Å². The monoisotopic (exact) mass is 398 g/mol. The van der Waals surface area contributed by atoms with E-state index in [2.05, 4.69) is 20.3 Å². The fourth-order valence-electron chi connectivity index (χ4n) is 3.91. The number of aromatic nitrogens is 3. The number of carbonyl (C=O) groups excluding carboxylic acids is 1. The van der Waals surface area contributed by atoms with Gasteiger partial charge in [0.25, 0.3) is 0 Å². The Hall–Kier alpha value is -2.60. The molecule has 6 heteroatoms. The highest BCUT2D eigenvalue weighted by atomic mass is 16.4. The van der Waals surface area contributed by atoms with E-state index < -0.39 is 19.7 Å². The van der Waals surface area contributed by atoms with Gasteiger partial charge in [-0.05, 0) is 43.9 Å². The topological polar surface area (TPSA) is 80.9 Å². The van der Waals surface area contributed by atoms with E-state index in [0.29, 0.717) is 54.2 Å². The molecule has 6 nitrogen and oxygen atoms in total. The van der Waals surface area contributed by atoms with E-state index >= 15 is 0 Å². The van der Waals surface area contributed by atoms with Gasteiger partial charge >= 0.3 is 0 Å². The smallest absolute Gasteiger partial charge is 0.191 e. The maximum atomic E-state index is 13.0. The van der Waals surface area contributed by atoms with E-state index in [9.17, 15) is 4.79 Å². The summed E-state index contributed by atoms with van der Waals surface area (Å²) in [5, 5.41) is 3.67. The Bertz CT molecular complexity index is 1180. The zero-order valence-electron chi connectivity index (χ0n) is 22.3. The number of nitrogens with zero attached hydrogens (tertiary/aromatic N) is 3. The number of hydrogen-bond acceptors (Lipinski definition) is 6. The molecule has 0 radical (unpaired) electrons. The molecule has 4 rings (SSSR count). The van der Waals surface area contributed by atoms with E-state index in [0.717, 1.165) is 5.39 Å². The third-order valence-corrected chi connectivity index (χ3v) is 5.44. The number of rotatable bonds is 6. The van der Waals surface area contributed by atoms with Gasteiger partial charge in [-0.2, -0.15) is 0 Å². The van der Waals surface area contributed by atoms with Crippen molar-refractivity contribution in [2.75, 3.05) is 0 Å². The summed E-state index contributed by atoms with van der Waals surface area (Å²) in [6, 6.07) is 3.72. The minimum absolute atomic E-state index is 0.0699. The van der Waals surface area contributed by atoms with Gasteiger partial charge in [0.2, 0.25) is 0 Å². The highest BCUT2D eigenvalue weighted by Crippen LogP contribution is 2.27. The van der Waals surface area contributed by atoms with Crippen LogP contribution in [0, 0.1) is 12.8 Å². The Kier molecular flexibility index (Phi) is 3.94. The van der Waals surface area contributed by atoms with Crippen LogP contribution in [0.1, 0.15) is 59.2 Å². The van der Waals surface area contributed by atoms with Gasteiger partial charge in [-0.3, -0.25) is 9.78 Å². The zero-order valence-corrected chi connectivity index (χ0v) is 16.3. The second-order valence-corrected chi connectivity index (χ2v) is 7.60. The quantitative estimate of drug-likeness (QED) is 0.668. The molecule has 1 saturated carbocycles. The van der Waals surface area contributed by atoms with E-state index in [1.807, 2.05) is 18.2 Å². The molecule has 1 fully saturated rings. The Labute approximate surface area is 179 Å². The van der Waals surface area contributed by atoms with Gasteiger partial charge in [-0.1, -0.05) is 13.7 Å². The number of oxazole rings is 1. The van der Waals surface area contributed by atoms with Crippen LogP contribution < -0.4 is 5.32 Å². The first kappa shape index (κ1) is 13.6. The number of hydrogen-bond donors (Lipinski definition) is 1. The van der Waals surface area contributed by atoms with Crippen LogP contribution in [-0.2, 0) is 11.2 Å². The van der Waals surface area contributed by atoms with Crippen molar-refractivity contribution in [3.05, 3.63) is 42.2 Å². The lowest BCUT2D eigenvalue weighted by Crippen LogP contribution is -2.38. The summed E-state index contributed by atoms with van der Waals surface area (Å²) < 4.78 is 50.9. The molecule has 3 aromatic heterocycles. The summed E-state index contributed by atoms with van der Waals surface area (Å²) in [6.45, 7) is -3.49. The largest absolute Gasteiger partial charge is 0.439 e. The average Bonchev–Trinajstić information content (AvgIpc) is 3.22. The first-order valence-electron chi connectivity index (χ1n) is 12.9. The summed E-state index contributed by atoms with van der Waals surface area (Å²) in [7, 11) is 0. The van der Waals surface area contributed by atoms with Gasteiger partial charge in [-0.15, -0.1) is 0 Å². The molecule has 0 aromatic carbocycles. The lowest BCUT2D eigenvalue weighted by molar-refractivity contribution is -0.123. The van der Waals surface area contributed by atoms with Gasteiger partial charge in [0.05, 0.1) is 11.7 Å². The number of nitrogens with one attached hydrogen (secondary N) is 1. The number of ketones is 1. The highest BCUT2D eigenvalue weighted by Gasteiger charge is 2.26. The number of pyridine rings is 2. The fraction of sp³-hybridized carbons (Fsp3) is 0.478. The molecule has 3 heterocycles. The average molecular weight is 399 g/mol. The Balaban J connectivity index is 1.38.